The molecule has 0 aliphatic heterocycles. The van der Waals surface area contributed by atoms with E-state index in [1.165, 1.54) is 30.5 Å². The minimum Gasteiger partial charge on any atom is -0.400 e. The van der Waals surface area contributed by atoms with Crippen LogP contribution in [0.15, 0.2) is 35.3 Å². The quantitative estimate of drug-likeness (QED) is 0.620. The van der Waals surface area contributed by atoms with Gasteiger partial charge in [0.05, 0.1) is 5.56 Å². The average molecular weight is 400 g/mol. The summed E-state index contributed by atoms with van der Waals surface area (Å²) in [5.74, 6) is -0.361. The third kappa shape index (κ3) is 5.17. The van der Waals surface area contributed by atoms with Crippen LogP contribution in [0.1, 0.15) is 16.1 Å². The van der Waals surface area contributed by atoms with Gasteiger partial charge in [-0.15, -0.1) is 0 Å². The van der Waals surface area contributed by atoms with Crippen LogP contribution in [0, 0.1) is 12.7 Å². The maximum absolute atomic E-state index is 12.9. The summed E-state index contributed by atoms with van der Waals surface area (Å²) >= 11 is 0. The molecule has 0 spiro atoms. The molecule has 117 valence electrons. The second-order valence-corrected chi connectivity index (χ2v) is 4.11. The number of nitrogens with zero attached hydrogens (tertiary/aromatic N) is 1. The Labute approximate surface area is 157 Å². The van der Waals surface area contributed by atoms with Crippen molar-refractivity contribution in [3.8, 4) is 11.1 Å². The van der Waals surface area contributed by atoms with Gasteiger partial charge in [0.15, 0.2) is 11.7 Å². The van der Waals surface area contributed by atoms with Gasteiger partial charge in [-0.1, -0.05) is 12.1 Å². The van der Waals surface area contributed by atoms with E-state index in [9.17, 15) is 14.0 Å². The number of hydrogen-bond acceptors (Lipinski definition) is 3. The number of benzene rings is 1. The van der Waals surface area contributed by atoms with Crippen LogP contribution in [0.2, 0.25) is 0 Å². The molecule has 1 aromatic heterocycles. The molecule has 1 atom stereocenters. The number of carbonyl (C=O) groups excluding carboxylic acids is 1. The fraction of sp³-hybridized carbons (Fsp3) is 0.200. The molecule has 1 radical (unpaired) electrons. The van der Waals surface area contributed by atoms with Gasteiger partial charge in [-0.05, 0) is 24.6 Å². The maximum atomic E-state index is 12.9. The molecule has 2 aromatic rings. The molecule has 0 saturated heterocycles. The van der Waals surface area contributed by atoms with Crippen molar-refractivity contribution in [1.82, 2.24) is 4.57 Å². The van der Waals surface area contributed by atoms with Crippen molar-refractivity contribution >= 4 is 16.2 Å². The van der Waals surface area contributed by atoms with Crippen molar-refractivity contribution in [2.45, 2.75) is 6.92 Å². The molecule has 1 unspecified atom stereocenters. The van der Waals surface area contributed by atoms with Gasteiger partial charge in [-0.25, -0.2) is 4.39 Å². The number of pyridine rings is 1. The Kier molecular flexibility index (Phi) is 11.7. The fourth-order valence-corrected chi connectivity index (χ4v) is 1.89. The van der Waals surface area contributed by atoms with Crippen LogP contribution in [-0.2, 0) is 39.8 Å². The summed E-state index contributed by atoms with van der Waals surface area (Å²) in [6.45, 7) is 1.79. The first-order valence-corrected chi connectivity index (χ1v) is 5.90. The number of aldehydes is 1. The Hall–Kier alpha value is -0.736. The standard InChI is InChI=1S/C14H12FNO2.CH4O.H3P.Y/c1-9-13(10-3-5-12(15)6-4-10)14(18)11(8-17)7-16(9)2;1-2;;/h3-8H,1-2H3;2H,1H3;1H3;. The third-order valence-electron chi connectivity index (χ3n) is 2.97. The van der Waals surface area contributed by atoms with E-state index in [1.54, 1.807) is 18.5 Å². The predicted molar refractivity (Wildman–Crippen MR) is 86.4 cm³/mol. The maximum Gasteiger partial charge on any atom is 0.200 e. The fourth-order valence-electron chi connectivity index (χ4n) is 1.89. The summed E-state index contributed by atoms with van der Waals surface area (Å²) < 4.78 is 14.6. The van der Waals surface area contributed by atoms with Gasteiger partial charge in [0, 0.05) is 64.3 Å². The van der Waals surface area contributed by atoms with E-state index < -0.39 is 0 Å². The molecular weight excluding hydrogens is 381 g/mol. The van der Waals surface area contributed by atoms with Gasteiger partial charge >= 0.3 is 0 Å². The zero-order chi connectivity index (χ0) is 15.3. The first kappa shape index (κ1) is 23.5. The summed E-state index contributed by atoms with van der Waals surface area (Å²) in [6.07, 6.45) is 2.03. The SMILES string of the molecule is CO.Cc1c(-c2ccc(F)cc2)c(=O)c(C=O)cn1C.P.[Y]. The van der Waals surface area contributed by atoms with Crippen LogP contribution in [0.4, 0.5) is 4.39 Å². The van der Waals surface area contributed by atoms with Gasteiger partial charge in [0.2, 0.25) is 0 Å². The second-order valence-electron chi connectivity index (χ2n) is 4.11. The normalized spacial score (nSPS) is 8.77. The molecule has 0 aliphatic rings. The minimum atomic E-state index is -0.361. The number of aliphatic hydroxyl groups excluding tert-OH is 1. The van der Waals surface area contributed by atoms with Crippen LogP contribution < -0.4 is 5.43 Å². The van der Waals surface area contributed by atoms with E-state index in [4.69, 9.17) is 5.11 Å². The molecule has 1 aromatic carbocycles. The number of halogens is 1. The summed E-state index contributed by atoms with van der Waals surface area (Å²) in [5, 5.41) is 7.00. The van der Waals surface area contributed by atoms with E-state index in [0.717, 1.165) is 12.8 Å². The molecule has 2 rings (SSSR count). The number of aliphatic hydroxyl groups is 1. The summed E-state index contributed by atoms with van der Waals surface area (Å²) in [6, 6.07) is 5.66. The monoisotopic (exact) mass is 400 g/mol. The summed E-state index contributed by atoms with van der Waals surface area (Å²) in [5.41, 5.74) is 1.55. The number of carbonyl (C=O) groups is 1. The van der Waals surface area contributed by atoms with Gasteiger partial charge in [0.1, 0.15) is 5.82 Å². The molecule has 0 amide bonds. The Morgan fingerprint density at radius 2 is 1.68 bits per heavy atom. The molecule has 0 aliphatic carbocycles. The molecule has 1 heterocycles. The van der Waals surface area contributed by atoms with Crippen LogP contribution in [0.5, 0.6) is 0 Å². The predicted octanol–water partition coefficient (Wildman–Crippen LogP) is 1.98. The number of rotatable bonds is 2. The van der Waals surface area contributed by atoms with Gasteiger partial charge in [-0.2, -0.15) is 9.90 Å². The minimum absolute atomic E-state index is 0. The van der Waals surface area contributed by atoms with E-state index in [0.29, 0.717) is 17.4 Å². The van der Waals surface area contributed by atoms with Gasteiger partial charge in [0.25, 0.3) is 0 Å². The van der Waals surface area contributed by atoms with Crippen LogP contribution in [0.25, 0.3) is 11.1 Å². The van der Waals surface area contributed by atoms with Crippen molar-refractivity contribution < 1.29 is 47.0 Å². The van der Waals surface area contributed by atoms with Crippen molar-refractivity contribution in [2.24, 2.45) is 7.05 Å². The summed E-state index contributed by atoms with van der Waals surface area (Å²) in [4.78, 5) is 23.0. The second kappa shape index (κ2) is 10.9. The largest absolute Gasteiger partial charge is 0.400 e. The zero-order valence-electron chi connectivity index (χ0n) is 12.8. The van der Waals surface area contributed by atoms with E-state index in [1.807, 2.05) is 0 Å². The number of aromatic nitrogens is 1. The van der Waals surface area contributed by atoms with E-state index >= 15 is 0 Å². The van der Waals surface area contributed by atoms with Crippen LogP contribution >= 0.6 is 9.90 Å². The first-order valence-electron chi connectivity index (χ1n) is 5.90. The summed E-state index contributed by atoms with van der Waals surface area (Å²) in [7, 11) is 2.76. The Bertz CT molecular complexity index is 672. The molecule has 4 nitrogen and oxygen atoms in total. The Morgan fingerprint density at radius 3 is 2.14 bits per heavy atom. The molecule has 0 saturated carbocycles. The molecule has 7 heteroatoms. The van der Waals surface area contributed by atoms with Crippen molar-refractivity contribution in [1.29, 1.82) is 0 Å². The van der Waals surface area contributed by atoms with Gasteiger partial charge in [-0.3, -0.25) is 9.59 Å². The van der Waals surface area contributed by atoms with Gasteiger partial charge < -0.3 is 9.67 Å². The average Bonchev–Trinajstić information content (AvgIpc) is 2.47. The Morgan fingerprint density at radius 1 is 1.18 bits per heavy atom. The number of hydrogen-bond donors (Lipinski definition) is 1. The molecule has 22 heavy (non-hydrogen) atoms. The van der Waals surface area contributed by atoms with Crippen molar-refractivity contribution in [2.75, 3.05) is 7.11 Å². The topological polar surface area (TPSA) is 59.3 Å². The molecular formula is C15H19FNO3PY. The molecule has 1 N–H and O–H groups in total. The molecule has 0 bridgehead atoms. The first-order chi connectivity index (χ1) is 9.54. The smallest absolute Gasteiger partial charge is 0.200 e. The molecule has 0 fully saturated rings. The Balaban J connectivity index is 0. The van der Waals surface area contributed by atoms with E-state index in [2.05, 4.69) is 0 Å². The number of aryl methyl sites for hydroxylation is 1. The third-order valence-corrected chi connectivity index (χ3v) is 2.97. The van der Waals surface area contributed by atoms with Crippen molar-refractivity contribution in [3.05, 3.63) is 57.8 Å². The zero-order valence-corrected chi connectivity index (χ0v) is 17.1. The van der Waals surface area contributed by atoms with Crippen LogP contribution in [0.3, 0.4) is 0 Å². The van der Waals surface area contributed by atoms with Crippen molar-refractivity contribution in [3.63, 3.8) is 0 Å². The van der Waals surface area contributed by atoms with E-state index in [-0.39, 0.29) is 59.4 Å². The van der Waals surface area contributed by atoms with Crippen LogP contribution in [-0.4, -0.2) is 23.1 Å².